The van der Waals surface area contributed by atoms with Crippen molar-refractivity contribution in [2.24, 2.45) is 0 Å². The van der Waals surface area contributed by atoms with Crippen molar-refractivity contribution in [1.29, 1.82) is 0 Å². The molecule has 1 N–H and O–H groups in total. The molecule has 4 aromatic rings. The third-order valence-corrected chi connectivity index (χ3v) is 5.42. The molecule has 1 nitrogen and oxygen atoms in total. The first-order chi connectivity index (χ1) is 13.8. The van der Waals surface area contributed by atoms with Gasteiger partial charge in [-0.05, 0) is 28.7 Å². The standard InChI is InChI=1S/C27H24O/c28-27(24-17-9-3-10-18-24,25-19-11-4-12-20-25)26(23-15-7-2-8-16-23)21-22-13-5-1-6-14-22/h1-20,26,28H,21H2/t26-/m0/s1. The Balaban J connectivity index is 1.91. The van der Waals surface area contributed by atoms with Crippen LogP contribution in [0.2, 0.25) is 0 Å². The maximum absolute atomic E-state index is 12.3. The zero-order valence-electron chi connectivity index (χ0n) is 15.8. The molecule has 1 atom stereocenters. The van der Waals surface area contributed by atoms with Crippen LogP contribution < -0.4 is 0 Å². The average Bonchev–Trinajstić information content (AvgIpc) is 2.79. The molecule has 138 valence electrons. The Hall–Kier alpha value is -3.16. The highest BCUT2D eigenvalue weighted by molar-refractivity contribution is 5.42. The van der Waals surface area contributed by atoms with E-state index >= 15 is 0 Å². The summed E-state index contributed by atoms with van der Waals surface area (Å²) in [5.74, 6) is -0.124. The molecule has 0 aliphatic heterocycles. The lowest BCUT2D eigenvalue weighted by Gasteiger charge is -2.38. The molecule has 0 aliphatic carbocycles. The minimum atomic E-state index is -1.14. The molecule has 0 unspecified atom stereocenters. The van der Waals surface area contributed by atoms with E-state index in [9.17, 15) is 5.11 Å². The minimum absolute atomic E-state index is 0.124. The predicted molar refractivity (Wildman–Crippen MR) is 115 cm³/mol. The van der Waals surface area contributed by atoms with Crippen LogP contribution in [0.15, 0.2) is 121 Å². The van der Waals surface area contributed by atoms with Gasteiger partial charge >= 0.3 is 0 Å². The van der Waals surface area contributed by atoms with Gasteiger partial charge in [-0.2, -0.15) is 0 Å². The van der Waals surface area contributed by atoms with E-state index in [1.807, 2.05) is 84.9 Å². The number of aliphatic hydroxyl groups is 1. The minimum Gasteiger partial charge on any atom is -0.380 e. The molecule has 0 radical (unpaired) electrons. The molecule has 0 saturated carbocycles. The third kappa shape index (κ3) is 3.62. The summed E-state index contributed by atoms with van der Waals surface area (Å²) in [5.41, 5.74) is 3.01. The zero-order chi connectivity index (χ0) is 19.2. The Kier molecular flexibility index (Phi) is 5.36. The van der Waals surface area contributed by atoms with E-state index in [0.29, 0.717) is 0 Å². The summed E-state index contributed by atoms with van der Waals surface area (Å²) in [6.45, 7) is 0. The van der Waals surface area contributed by atoms with E-state index in [1.54, 1.807) is 0 Å². The molecule has 1 heteroatoms. The van der Waals surface area contributed by atoms with Gasteiger partial charge in [0.15, 0.2) is 0 Å². The van der Waals surface area contributed by atoms with Crippen LogP contribution in [0.25, 0.3) is 0 Å². The van der Waals surface area contributed by atoms with Crippen molar-refractivity contribution < 1.29 is 5.11 Å². The summed E-state index contributed by atoms with van der Waals surface area (Å²) in [7, 11) is 0. The van der Waals surface area contributed by atoms with Crippen LogP contribution in [0.3, 0.4) is 0 Å². The molecule has 0 spiro atoms. The summed E-state index contributed by atoms with van der Waals surface area (Å²) < 4.78 is 0. The maximum atomic E-state index is 12.3. The first-order valence-electron chi connectivity index (χ1n) is 9.71. The van der Waals surface area contributed by atoms with Gasteiger partial charge in [0, 0.05) is 5.92 Å². The average molecular weight is 364 g/mol. The van der Waals surface area contributed by atoms with Crippen molar-refractivity contribution >= 4 is 0 Å². The summed E-state index contributed by atoms with van der Waals surface area (Å²) in [4.78, 5) is 0. The Labute approximate surface area is 166 Å². The van der Waals surface area contributed by atoms with E-state index in [1.165, 1.54) is 5.56 Å². The van der Waals surface area contributed by atoms with Gasteiger partial charge in [0.25, 0.3) is 0 Å². The molecular formula is C27H24O. The van der Waals surface area contributed by atoms with Gasteiger partial charge in [-0.1, -0.05) is 121 Å². The highest BCUT2D eigenvalue weighted by Crippen LogP contribution is 2.44. The monoisotopic (exact) mass is 364 g/mol. The lowest BCUT2D eigenvalue weighted by molar-refractivity contribution is 0.0490. The Bertz CT molecular complexity index is 940. The smallest absolute Gasteiger partial charge is 0.122 e. The lowest BCUT2D eigenvalue weighted by Crippen LogP contribution is -2.36. The zero-order valence-corrected chi connectivity index (χ0v) is 15.8. The number of hydrogen-bond donors (Lipinski definition) is 1. The van der Waals surface area contributed by atoms with Crippen molar-refractivity contribution in [3.05, 3.63) is 144 Å². The quantitative estimate of drug-likeness (QED) is 0.448. The summed E-state index contributed by atoms with van der Waals surface area (Å²) >= 11 is 0. The molecule has 0 heterocycles. The Morgan fingerprint density at radius 1 is 0.536 bits per heavy atom. The van der Waals surface area contributed by atoms with Gasteiger partial charge in [-0.25, -0.2) is 0 Å². The van der Waals surface area contributed by atoms with Gasteiger partial charge < -0.3 is 5.11 Å². The fraction of sp³-hybridized carbons (Fsp3) is 0.111. The van der Waals surface area contributed by atoms with E-state index in [-0.39, 0.29) is 5.92 Å². The molecule has 28 heavy (non-hydrogen) atoms. The summed E-state index contributed by atoms with van der Waals surface area (Å²) in [6, 6.07) is 40.8. The Morgan fingerprint density at radius 2 is 0.929 bits per heavy atom. The Morgan fingerprint density at radius 3 is 1.39 bits per heavy atom. The van der Waals surface area contributed by atoms with E-state index in [2.05, 4.69) is 36.4 Å². The summed E-state index contributed by atoms with van der Waals surface area (Å²) in [5, 5.41) is 12.3. The van der Waals surface area contributed by atoms with Crippen LogP contribution >= 0.6 is 0 Å². The van der Waals surface area contributed by atoms with Crippen molar-refractivity contribution in [2.45, 2.75) is 17.9 Å². The van der Waals surface area contributed by atoms with Crippen LogP contribution in [0.1, 0.15) is 28.2 Å². The molecule has 0 amide bonds. The fourth-order valence-corrected chi connectivity index (χ4v) is 4.00. The number of rotatable bonds is 6. The van der Waals surface area contributed by atoms with Crippen LogP contribution in [0.4, 0.5) is 0 Å². The first-order valence-corrected chi connectivity index (χ1v) is 9.71. The number of hydrogen-bond acceptors (Lipinski definition) is 1. The maximum Gasteiger partial charge on any atom is 0.122 e. The third-order valence-electron chi connectivity index (χ3n) is 5.42. The molecule has 0 saturated heterocycles. The van der Waals surface area contributed by atoms with Crippen LogP contribution in [0, 0.1) is 0 Å². The SMILES string of the molecule is OC(c1ccccc1)(c1ccccc1)[C@@H](Cc1ccccc1)c1ccccc1. The second-order valence-electron chi connectivity index (χ2n) is 7.15. The van der Waals surface area contributed by atoms with Crippen molar-refractivity contribution in [1.82, 2.24) is 0 Å². The van der Waals surface area contributed by atoms with Crippen LogP contribution in [-0.2, 0) is 12.0 Å². The predicted octanol–water partition coefficient (Wildman–Crippen LogP) is 5.95. The second-order valence-corrected chi connectivity index (χ2v) is 7.15. The van der Waals surface area contributed by atoms with Gasteiger partial charge in [-0.3, -0.25) is 0 Å². The van der Waals surface area contributed by atoms with Crippen molar-refractivity contribution in [2.75, 3.05) is 0 Å². The van der Waals surface area contributed by atoms with Gasteiger partial charge in [-0.15, -0.1) is 0 Å². The van der Waals surface area contributed by atoms with Gasteiger partial charge in [0.1, 0.15) is 5.60 Å². The van der Waals surface area contributed by atoms with E-state index in [4.69, 9.17) is 0 Å². The molecule has 4 aromatic carbocycles. The largest absolute Gasteiger partial charge is 0.380 e. The van der Waals surface area contributed by atoms with Gasteiger partial charge in [0.05, 0.1) is 0 Å². The molecular weight excluding hydrogens is 340 g/mol. The molecule has 0 aromatic heterocycles. The van der Waals surface area contributed by atoms with E-state index in [0.717, 1.165) is 23.1 Å². The number of benzene rings is 4. The highest BCUT2D eigenvalue weighted by Gasteiger charge is 2.40. The van der Waals surface area contributed by atoms with E-state index < -0.39 is 5.60 Å². The first kappa shape index (κ1) is 18.2. The molecule has 4 rings (SSSR count). The normalized spacial score (nSPS) is 12.5. The van der Waals surface area contributed by atoms with Crippen molar-refractivity contribution in [3.63, 3.8) is 0 Å². The highest BCUT2D eigenvalue weighted by atomic mass is 16.3. The topological polar surface area (TPSA) is 20.2 Å². The lowest BCUT2D eigenvalue weighted by atomic mass is 9.70. The fourth-order valence-electron chi connectivity index (χ4n) is 4.00. The van der Waals surface area contributed by atoms with Gasteiger partial charge in [0.2, 0.25) is 0 Å². The summed E-state index contributed by atoms with van der Waals surface area (Å²) in [6.07, 6.45) is 0.741. The van der Waals surface area contributed by atoms with Crippen molar-refractivity contribution in [3.8, 4) is 0 Å². The molecule has 0 bridgehead atoms. The molecule has 0 fully saturated rings. The molecule has 0 aliphatic rings. The van der Waals surface area contributed by atoms with Crippen LogP contribution in [-0.4, -0.2) is 5.11 Å². The van der Waals surface area contributed by atoms with Crippen LogP contribution in [0.5, 0.6) is 0 Å². The second kappa shape index (κ2) is 8.24.